The topological polar surface area (TPSA) is 45.2 Å². The lowest BCUT2D eigenvalue weighted by atomic mass is 9.95. The summed E-state index contributed by atoms with van der Waals surface area (Å²) in [7, 11) is 0. The Labute approximate surface area is 183 Å². The van der Waals surface area contributed by atoms with Gasteiger partial charge >= 0.3 is 0 Å². The first kappa shape index (κ1) is 20.9. The molecule has 30 heavy (non-hydrogen) atoms. The Balaban J connectivity index is 1.28. The van der Waals surface area contributed by atoms with Crippen molar-refractivity contribution < 1.29 is 4.79 Å². The van der Waals surface area contributed by atoms with Gasteiger partial charge < -0.3 is 10.2 Å². The second-order valence-electron chi connectivity index (χ2n) is 8.62. The van der Waals surface area contributed by atoms with E-state index in [4.69, 9.17) is 4.98 Å². The Morgan fingerprint density at radius 1 is 1.20 bits per heavy atom. The summed E-state index contributed by atoms with van der Waals surface area (Å²) in [6.45, 7) is 8.18. The van der Waals surface area contributed by atoms with Crippen molar-refractivity contribution in [3.05, 3.63) is 59.2 Å². The number of thiazole rings is 1. The average Bonchev–Trinajstić information content (AvgIpc) is 3.17. The number of nitrogens with one attached hydrogen (secondary N) is 1. The maximum absolute atomic E-state index is 12.7. The van der Waals surface area contributed by atoms with E-state index in [2.05, 4.69) is 67.4 Å². The van der Waals surface area contributed by atoms with Crippen molar-refractivity contribution in [2.24, 2.45) is 5.92 Å². The van der Waals surface area contributed by atoms with Gasteiger partial charge in [0.25, 0.3) is 0 Å². The number of carbonyl (C=O) groups is 1. The zero-order valence-corrected chi connectivity index (χ0v) is 19.0. The summed E-state index contributed by atoms with van der Waals surface area (Å²) in [6, 6.07) is 15.1. The number of piperidine rings is 1. The first-order valence-corrected chi connectivity index (χ1v) is 11.8. The van der Waals surface area contributed by atoms with Crippen molar-refractivity contribution in [1.29, 1.82) is 0 Å². The molecular formula is C25H31N3OS. The number of aryl methyl sites for hydroxylation is 3. The van der Waals surface area contributed by atoms with Crippen molar-refractivity contribution in [1.82, 2.24) is 10.3 Å². The quantitative estimate of drug-likeness (QED) is 0.590. The third kappa shape index (κ3) is 4.84. The van der Waals surface area contributed by atoms with Gasteiger partial charge in [-0.1, -0.05) is 47.7 Å². The van der Waals surface area contributed by atoms with Crippen LogP contribution in [0.3, 0.4) is 0 Å². The van der Waals surface area contributed by atoms with E-state index in [1.807, 2.05) is 6.07 Å². The highest BCUT2D eigenvalue weighted by molar-refractivity contribution is 7.22. The molecule has 4 rings (SSSR count). The normalized spacial score (nSPS) is 16.0. The van der Waals surface area contributed by atoms with Crippen molar-refractivity contribution in [2.45, 2.75) is 52.5 Å². The number of amides is 1. The third-order valence-electron chi connectivity index (χ3n) is 6.05. The Kier molecular flexibility index (Phi) is 6.38. The summed E-state index contributed by atoms with van der Waals surface area (Å²) in [4.78, 5) is 20.0. The fraction of sp³-hybridized carbons (Fsp3) is 0.440. The maximum Gasteiger partial charge on any atom is 0.223 e. The molecule has 2 heterocycles. The number of rotatable bonds is 6. The summed E-state index contributed by atoms with van der Waals surface area (Å²) in [6.07, 6.45) is 3.76. The van der Waals surface area contributed by atoms with Crippen LogP contribution in [-0.4, -0.2) is 30.0 Å². The van der Waals surface area contributed by atoms with Gasteiger partial charge in [0.15, 0.2) is 5.13 Å². The van der Waals surface area contributed by atoms with Gasteiger partial charge in [0, 0.05) is 25.0 Å². The molecule has 1 aliphatic rings. The third-order valence-corrected chi connectivity index (χ3v) is 7.12. The number of fused-ring (bicyclic) bond motifs is 1. The van der Waals surface area contributed by atoms with Crippen molar-refractivity contribution >= 4 is 32.6 Å². The molecule has 3 aromatic rings. The average molecular weight is 422 g/mol. The van der Waals surface area contributed by atoms with Crippen LogP contribution >= 0.6 is 11.3 Å². The standard InChI is InChI=1S/C25H31N3OS/c1-17-15-18(2)23-22(16-17)30-25(27-23)28-13-11-21(12-14-28)24(29)26-19(3)9-10-20-7-5-4-6-8-20/h4-8,15-16,19,21H,9-14H2,1-3H3,(H,26,29). The van der Waals surface area contributed by atoms with Gasteiger partial charge in [0.1, 0.15) is 0 Å². The van der Waals surface area contributed by atoms with Crippen LogP contribution in [-0.2, 0) is 11.2 Å². The molecule has 0 bridgehead atoms. The number of hydrogen-bond acceptors (Lipinski definition) is 4. The van der Waals surface area contributed by atoms with Crippen LogP contribution in [0.5, 0.6) is 0 Å². The Morgan fingerprint density at radius 2 is 1.93 bits per heavy atom. The molecule has 1 amide bonds. The first-order valence-electron chi connectivity index (χ1n) is 11.0. The molecule has 0 aliphatic carbocycles. The minimum Gasteiger partial charge on any atom is -0.353 e. The van der Waals surface area contributed by atoms with Crippen LogP contribution < -0.4 is 10.2 Å². The van der Waals surface area contributed by atoms with E-state index in [1.165, 1.54) is 21.4 Å². The van der Waals surface area contributed by atoms with Crippen molar-refractivity contribution in [3.8, 4) is 0 Å². The Bertz CT molecular complexity index is 1010. The molecule has 1 atom stereocenters. The predicted octanol–water partition coefficient (Wildman–Crippen LogP) is 5.27. The van der Waals surface area contributed by atoms with Crippen LogP contribution in [0.25, 0.3) is 10.2 Å². The van der Waals surface area contributed by atoms with E-state index in [9.17, 15) is 4.79 Å². The maximum atomic E-state index is 12.7. The lowest BCUT2D eigenvalue weighted by Gasteiger charge is -2.31. The number of nitrogens with zero attached hydrogens (tertiary/aromatic N) is 2. The first-order chi connectivity index (χ1) is 14.5. The monoisotopic (exact) mass is 421 g/mol. The van der Waals surface area contributed by atoms with Gasteiger partial charge in [-0.15, -0.1) is 0 Å². The fourth-order valence-electron chi connectivity index (χ4n) is 4.29. The second kappa shape index (κ2) is 9.17. The number of anilines is 1. The molecule has 0 spiro atoms. The van der Waals surface area contributed by atoms with Crippen LogP contribution in [0.15, 0.2) is 42.5 Å². The summed E-state index contributed by atoms with van der Waals surface area (Å²) in [5.74, 6) is 0.324. The zero-order chi connectivity index (χ0) is 21.1. The SMILES string of the molecule is Cc1cc(C)c2nc(N3CCC(C(=O)NC(C)CCc4ccccc4)CC3)sc2c1. The lowest BCUT2D eigenvalue weighted by molar-refractivity contribution is -0.126. The molecule has 1 unspecified atom stereocenters. The molecule has 1 aromatic heterocycles. The highest BCUT2D eigenvalue weighted by Gasteiger charge is 2.27. The van der Waals surface area contributed by atoms with Crippen LogP contribution in [0.2, 0.25) is 0 Å². The molecule has 1 saturated heterocycles. The van der Waals surface area contributed by atoms with Crippen LogP contribution in [0.4, 0.5) is 5.13 Å². The summed E-state index contributed by atoms with van der Waals surface area (Å²) >= 11 is 1.77. The molecular weight excluding hydrogens is 390 g/mol. The Hall–Kier alpha value is -2.40. The van der Waals surface area contributed by atoms with Gasteiger partial charge in [-0.2, -0.15) is 0 Å². The highest BCUT2D eigenvalue weighted by atomic mass is 32.1. The molecule has 0 radical (unpaired) electrons. The Morgan fingerprint density at radius 3 is 2.67 bits per heavy atom. The van der Waals surface area contributed by atoms with Gasteiger partial charge in [-0.25, -0.2) is 4.98 Å². The van der Waals surface area contributed by atoms with Crippen molar-refractivity contribution in [2.75, 3.05) is 18.0 Å². The molecule has 4 nitrogen and oxygen atoms in total. The number of benzene rings is 2. The molecule has 1 aliphatic heterocycles. The van der Waals surface area contributed by atoms with E-state index >= 15 is 0 Å². The molecule has 5 heteroatoms. The van der Waals surface area contributed by atoms with Gasteiger partial charge in [0.2, 0.25) is 5.91 Å². The smallest absolute Gasteiger partial charge is 0.223 e. The predicted molar refractivity (Wildman–Crippen MR) is 126 cm³/mol. The molecule has 158 valence electrons. The summed E-state index contributed by atoms with van der Waals surface area (Å²) < 4.78 is 1.26. The van der Waals surface area contributed by atoms with Gasteiger partial charge in [0.05, 0.1) is 10.2 Å². The fourth-order valence-corrected chi connectivity index (χ4v) is 5.48. The summed E-state index contributed by atoms with van der Waals surface area (Å²) in [5.41, 5.74) is 4.97. The highest BCUT2D eigenvalue weighted by Crippen LogP contribution is 2.33. The minimum atomic E-state index is 0.110. The second-order valence-corrected chi connectivity index (χ2v) is 9.63. The lowest BCUT2D eigenvalue weighted by Crippen LogP contribution is -2.43. The molecule has 1 fully saturated rings. The number of aromatic nitrogens is 1. The molecule has 1 N–H and O–H groups in total. The van der Waals surface area contributed by atoms with Gasteiger partial charge in [-0.3, -0.25) is 4.79 Å². The van der Waals surface area contributed by atoms with E-state index in [0.29, 0.717) is 0 Å². The largest absolute Gasteiger partial charge is 0.353 e. The minimum absolute atomic E-state index is 0.110. The van der Waals surface area contributed by atoms with E-state index in [1.54, 1.807) is 11.3 Å². The summed E-state index contributed by atoms with van der Waals surface area (Å²) in [5, 5.41) is 4.33. The van der Waals surface area contributed by atoms with E-state index < -0.39 is 0 Å². The molecule has 0 saturated carbocycles. The number of hydrogen-bond donors (Lipinski definition) is 1. The number of carbonyl (C=O) groups excluding carboxylic acids is 1. The zero-order valence-electron chi connectivity index (χ0n) is 18.1. The van der Waals surface area contributed by atoms with E-state index in [-0.39, 0.29) is 17.9 Å². The van der Waals surface area contributed by atoms with Gasteiger partial charge in [-0.05, 0) is 69.2 Å². The van der Waals surface area contributed by atoms with Crippen LogP contribution in [0.1, 0.15) is 42.9 Å². The van der Waals surface area contributed by atoms with E-state index in [0.717, 1.165) is 49.4 Å². The van der Waals surface area contributed by atoms with Crippen molar-refractivity contribution in [3.63, 3.8) is 0 Å². The molecule has 2 aromatic carbocycles. The van der Waals surface area contributed by atoms with Crippen LogP contribution in [0, 0.1) is 19.8 Å².